The first-order valence-corrected chi connectivity index (χ1v) is 8.95. The smallest absolute Gasteiger partial charge is 0.270 e. The normalized spacial score (nSPS) is 16.3. The highest BCUT2D eigenvalue weighted by atomic mass is 19.3. The summed E-state index contributed by atoms with van der Waals surface area (Å²) >= 11 is 0. The van der Waals surface area contributed by atoms with Gasteiger partial charge in [0.25, 0.3) is 5.92 Å². The Bertz CT molecular complexity index is 872. The second kappa shape index (κ2) is 7.06. The van der Waals surface area contributed by atoms with Crippen LogP contribution >= 0.6 is 0 Å². The average molecular weight is 353 g/mol. The zero-order chi connectivity index (χ0) is 18.9. The molecular weight excluding hydrogens is 328 g/mol. The highest BCUT2D eigenvalue weighted by molar-refractivity contribution is 5.85. The molecule has 0 aliphatic heterocycles. The van der Waals surface area contributed by atoms with Gasteiger partial charge in [-0.05, 0) is 66.1 Å². The number of alkyl halides is 2. The molecule has 0 spiro atoms. The molecule has 3 heteroatoms. The van der Waals surface area contributed by atoms with Crippen LogP contribution in [0.5, 0.6) is 0 Å². The molecule has 0 unspecified atom stereocenters. The molecule has 2 aromatic rings. The average Bonchev–Trinajstić information content (AvgIpc) is 2.74. The Kier molecular flexibility index (Phi) is 4.99. The Balaban J connectivity index is 2.08. The van der Waals surface area contributed by atoms with E-state index in [4.69, 9.17) is 0 Å². The van der Waals surface area contributed by atoms with E-state index in [0.717, 1.165) is 59.7 Å². The number of aryl methyl sites for hydroxylation is 2. The molecule has 26 heavy (non-hydrogen) atoms. The van der Waals surface area contributed by atoms with Crippen LogP contribution in [0.3, 0.4) is 0 Å². The predicted octanol–water partition coefficient (Wildman–Crippen LogP) is 6.58. The summed E-state index contributed by atoms with van der Waals surface area (Å²) in [6.07, 6.45) is 4.51. The maximum Gasteiger partial charge on any atom is 0.270 e. The maximum atomic E-state index is 13.7. The summed E-state index contributed by atoms with van der Waals surface area (Å²) in [4.78, 5) is 0. The van der Waals surface area contributed by atoms with Gasteiger partial charge in [-0.1, -0.05) is 42.5 Å². The van der Waals surface area contributed by atoms with E-state index in [1.54, 1.807) is 12.1 Å². The highest BCUT2D eigenvalue weighted by Gasteiger charge is 2.26. The fourth-order valence-electron chi connectivity index (χ4n) is 3.48. The second-order valence-corrected chi connectivity index (χ2v) is 7.18. The molecule has 3 rings (SSSR count). The van der Waals surface area contributed by atoms with Gasteiger partial charge in [0.2, 0.25) is 0 Å². The Hall–Kier alpha value is -2.42. The molecule has 0 amide bonds. The van der Waals surface area contributed by atoms with Crippen LogP contribution in [-0.2, 0) is 12.3 Å². The third kappa shape index (κ3) is 3.87. The number of halogens is 2. The maximum absolute atomic E-state index is 13.7. The number of hydrogen-bond acceptors (Lipinski definition) is 1. The number of anilines is 1. The fourth-order valence-corrected chi connectivity index (χ4v) is 3.48. The van der Waals surface area contributed by atoms with Crippen molar-refractivity contribution in [2.45, 2.75) is 39.0 Å². The van der Waals surface area contributed by atoms with E-state index in [9.17, 15) is 8.78 Å². The van der Waals surface area contributed by atoms with Crippen LogP contribution in [-0.4, -0.2) is 7.05 Å². The van der Waals surface area contributed by atoms with Crippen LogP contribution in [0.15, 0.2) is 48.6 Å². The molecule has 0 aromatic heterocycles. The van der Waals surface area contributed by atoms with Crippen molar-refractivity contribution in [2.24, 2.45) is 0 Å². The van der Waals surface area contributed by atoms with E-state index in [-0.39, 0.29) is 5.56 Å². The summed E-state index contributed by atoms with van der Waals surface area (Å²) in [5, 5.41) is 3.21. The molecule has 0 fully saturated rings. The molecule has 1 aliphatic rings. The van der Waals surface area contributed by atoms with Crippen LogP contribution < -0.4 is 5.32 Å². The van der Waals surface area contributed by atoms with Gasteiger partial charge in [-0.2, -0.15) is 0 Å². The Labute approximate surface area is 154 Å². The summed E-state index contributed by atoms with van der Waals surface area (Å²) in [7, 11) is 1.91. The summed E-state index contributed by atoms with van der Waals surface area (Å²) in [6.45, 7) is 7.19. The first-order chi connectivity index (χ1) is 12.3. The lowest BCUT2D eigenvalue weighted by Gasteiger charge is -2.15. The number of rotatable bonds is 3. The highest BCUT2D eigenvalue weighted by Crippen LogP contribution is 2.37. The van der Waals surface area contributed by atoms with Crippen molar-refractivity contribution in [3.8, 4) is 0 Å². The van der Waals surface area contributed by atoms with Gasteiger partial charge in [0.1, 0.15) is 0 Å². The molecule has 0 saturated carbocycles. The molecule has 0 saturated heterocycles. The van der Waals surface area contributed by atoms with Gasteiger partial charge in [-0.3, -0.25) is 0 Å². The molecule has 0 radical (unpaired) electrons. The molecule has 2 aromatic carbocycles. The minimum absolute atomic E-state index is 0.0796. The van der Waals surface area contributed by atoms with Gasteiger partial charge in [0.05, 0.1) is 0 Å². The molecule has 1 aliphatic carbocycles. The summed E-state index contributed by atoms with van der Waals surface area (Å²) < 4.78 is 27.5. The first-order valence-electron chi connectivity index (χ1n) is 8.95. The lowest BCUT2D eigenvalue weighted by Crippen LogP contribution is -2.08. The van der Waals surface area contributed by atoms with Crippen molar-refractivity contribution in [2.75, 3.05) is 12.4 Å². The van der Waals surface area contributed by atoms with E-state index in [2.05, 4.69) is 43.1 Å². The minimum atomic E-state index is -2.82. The van der Waals surface area contributed by atoms with Gasteiger partial charge >= 0.3 is 0 Å². The molecule has 0 atom stereocenters. The van der Waals surface area contributed by atoms with E-state index in [0.29, 0.717) is 0 Å². The van der Waals surface area contributed by atoms with Gasteiger partial charge < -0.3 is 5.32 Å². The largest absolute Gasteiger partial charge is 0.388 e. The van der Waals surface area contributed by atoms with Crippen LogP contribution in [0.4, 0.5) is 14.5 Å². The van der Waals surface area contributed by atoms with Crippen molar-refractivity contribution in [3.05, 3.63) is 76.4 Å². The van der Waals surface area contributed by atoms with E-state index < -0.39 is 5.92 Å². The number of benzene rings is 2. The monoisotopic (exact) mass is 353 g/mol. The van der Waals surface area contributed by atoms with Crippen LogP contribution in [0.1, 0.15) is 47.6 Å². The van der Waals surface area contributed by atoms with Gasteiger partial charge in [-0.25, -0.2) is 8.78 Å². The SMILES string of the molecule is C=C1CCc2cc(C(C)(F)F)ccc2/C(=C/c2ccc(C)c(NC)c2)C1. The Morgan fingerprint density at radius 3 is 2.58 bits per heavy atom. The van der Waals surface area contributed by atoms with E-state index in [1.807, 2.05) is 13.1 Å². The van der Waals surface area contributed by atoms with Crippen molar-refractivity contribution in [1.29, 1.82) is 0 Å². The van der Waals surface area contributed by atoms with Crippen LogP contribution in [0.25, 0.3) is 11.6 Å². The summed E-state index contributed by atoms with van der Waals surface area (Å²) in [5.41, 5.74) is 7.77. The van der Waals surface area contributed by atoms with Gasteiger partial charge in [-0.15, -0.1) is 0 Å². The quantitative estimate of drug-likeness (QED) is 0.485. The number of hydrogen-bond donors (Lipinski definition) is 1. The second-order valence-electron chi connectivity index (χ2n) is 7.18. The Morgan fingerprint density at radius 1 is 1.12 bits per heavy atom. The lowest BCUT2D eigenvalue weighted by molar-refractivity contribution is 0.0174. The van der Waals surface area contributed by atoms with Gasteiger partial charge in [0.15, 0.2) is 0 Å². The van der Waals surface area contributed by atoms with Crippen LogP contribution in [0, 0.1) is 6.92 Å². The number of fused-ring (bicyclic) bond motifs is 1. The first kappa shape index (κ1) is 18.4. The predicted molar refractivity (Wildman–Crippen MR) is 107 cm³/mol. The van der Waals surface area contributed by atoms with Crippen molar-refractivity contribution in [3.63, 3.8) is 0 Å². The molecule has 0 heterocycles. The van der Waals surface area contributed by atoms with E-state index in [1.165, 1.54) is 5.56 Å². The van der Waals surface area contributed by atoms with Crippen molar-refractivity contribution < 1.29 is 8.78 Å². The zero-order valence-corrected chi connectivity index (χ0v) is 15.6. The standard InChI is InChI=1S/C23H25F2N/c1-15-5-8-18-14-20(23(3,24)25)9-10-21(18)19(11-15)12-17-7-6-16(2)22(13-17)26-4/h6-7,9-10,12-14,26H,1,5,8,11H2,2-4H3/b19-12+. The number of allylic oxidation sites excluding steroid dienone is 2. The van der Waals surface area contributed by atoms with Crippen LogP contribution in [0.2, 0.25) is 0 Å². The molecule has 136 valence electrons. The summed E-state index contributed by atoms with van der Waals surface area (Å²) in [6, 6.07) is 11.4. The molecule has 0 bridgehead atoms. The third-order valence-electron chi connectivity index (χ3n) is 5.02. The van der Waals surface area contributed by atoms with E-state index >= 15 is 0 Å². The summed E-state index contributed by atoms with van der Waals surface area (Å²) in [5.74, 6) is -2.82. The topological polar surface area (TPSA) is 12.0 Å². The zero-order valence-electron chi connectivity index (χ0n) is 15.6. The molecular formula is C23H25F2N. The van der Waals surface area contributed by atoms with Gasteiger partial charge in [0, 0.05) is 25.2 Å². The lowest BCUT2D eigenvalue weighted by atomic mass is 9.93. The third-order valence-corrected chi connectivity index (χ3v) is 5.02. The fraction of sp³-hybridized carbons (Fsp3) is 0.304. The number of nitrogens with one attached hydrogen (secondary N) is 1. The molecule has 1 N–H and O–H groups in total. The van der Waals surface area contributed by atoms with Crippen molar-refractivity contribution in [1.82, 2.24) is 0 Å². The van der Waals surface area contributed by atoms with Crippen molar-refractivity contribution >= 4 is 17.3 Å². The minimum Gasteiger partial charge on any atom is -0.388 e. The molecule has 1 nitrogen and oxygen atoms in total. The Morgan fingerprint density at radius 2 is 1.88 bits per heavy atom.